The lowest BCUT2D eigenvalue weighted by atomic mass is 10.1. The van der Waals surface area contributed by atoms with Crippen molar-refractivity contribution in [2.24, 2.45) is 5.73 Å². The maximum Gasteiger partial charge on any atom is 0.119 e. The lowest BCUT2D eigenvalue weighted by Gasteiger charge is -2.26. The van der Waals surface area contributed by atoms with E-state index in [4.69, 9.17) is 15.6 Å². The molecule has 0 radical (unpaired) electrons. The molecule has 1 aromatic rings. The third-order valence-electron chi connectivity index (χ3n) is 3.22. The third-order valence-corrected chi connectivity index (χ3v) is 3.22. The number of rotatable bonds is 9. The minimum atomic E-state index is 0.113. The first-order chi connectivity index (χ1) is 9.22. The quantitative estimate of drug-likeness (QED) is 0.669. The van der Waals surface area contributed by atoms with Crippen LogP contribution in [0.15, 0.2) is 24.3 Å². The van der Waals surface area contributed by atoms with Crippen molar-refractivity contribution < 1.29 is 9.84 Å². The van der Waals surface area contributed by atoms with Gasteiger partial charge in [-0.1, -0.05) is 25.5 Å². The van der Waals surface area contributed by atoms with E-state index in [2.05, 4.69) is 17.9 Å². The number of nitrogens with two attached hydrogens (primary N) is 1. The Morgan fingerprint density at radius 2 is 2.21 bits per heavy atom. The van der Waals surface area contributed by atoms with Crippen molar-refractivity contribution in [3.05, 3.63) is 29.8 Å². The first-order valence-corrected chi connectivity index (χ1v) is 6.96. The van der Waals surface area contributed by atoms with Gasteiger partial charge in [0.2, 0.25) is 0 Å². The molecule has 3 N–H and O–H groups in total. The predicted molar refractivity (Wildman–Crippen MR) is 78.4 cm³/mol. The molecule has 1 unspecified atom stereocenters. The topological polar surface area (TPSA) is 58.7 Å². The van der Waals surface area contributed by atoms with Crippen molar-refractivity contribution in [2.75, 3.05) is 33.4 Å². The number of hydrogen-bond donors (Lipinski definition) is 2. The summed E-state index contributed by atoms with van der Waals surface area (Å²) in [7, 11) is 1.97. The van der Waals surface area contributed by atoms with Crippen LogP contribution in [0.5, 0.6) is 5.75 Å². The van der Waals surface area contributed by atoms with E-state index in [0.717, 1.165) is 30.8 Å². The molecule has 0 saturated heterocycles. The van der Waals surface area contributed by atoms with Gasteiger partial charge in [-0.05, 0) is 31.2 Å². The van der Waals surface area contributed by atoms with Crippen LogP contribution in [0, 0.1) is 0 Å². The van der Waals surface area contributed by atoms with E-state index in [1.807, 2.05) is 25.2 Å². The van der Waals surface area contributed by atoms with Gasteiger partial charge < -0.3 is 15.6 Å². The van der Waals surface area contributed by atoms with Gasteiger partial charge in [-0.25, -0.2) is 0 Å². The minimum Gasteiger partial charge on any atom is -0.494 e. The number of benzene rings is 1. The summed E-state index contributed by atoms with van der Waals surface area (Å²) in [4.78, 5) is 2.06. The van der Waals surface area contributed by atoms with Crippen LogP contribution in [-0.2, 0) is 0 Å². The van der Waals surface area contributed by atoms with Crippen molar-refractivity contribution >= 4 is 0 Å². The molecule has 4 heteroatoms. The number of nitrogens with zero attached hydrogens (tertiary/aromatic N) is 1. The molecule has 0 aliphatic carbocycles. The van der Waals surface area contributed by atoms with Crippen LogP contribution < -0.4 is 10.5 Å². The molecule has 1 rings (SSSR count). The molecule has 0 spiro atoms. The van der Waals surface area contributed by atoms with Crippen LogP contribution in [0.25, 0.3) is 0 Å². The monoisotopic (exact) mass is 266 g/mol. The molecule has 0 aliphatic heterocycles. The summed E-state index contributed by atoms with van der Waals surface area (Å²) < 4.78 is 5.71. The molecule has 0 saturated carbocycles. The first kappa shape index (κ1) is 16.0. The van der Waals surface area contributed by atoms with Crippen LogP contribution >= 0.6 is 0 Å². The van der Waals surface area contributed by atoms with E-state index in [1.54, 1.807) is 0 Å². The number of aliphatic hydroxyl groups excluding tert-OH is 1. The number of unbranched alkanes of at least 4 members (excludes halogenated alkanes) is 1. The Labute approximate surface area is 116 Å². The van der Waals surface area contributed by atoms with Crippen molar-refractivity contribution in [3.8, 4) is 5.75 Å². The smallest absolute Gasteiger partial charge is 0.119 e. The van der Waals surface area contributed by atoms with Gasteiger partial charge in [-0.3, -0.25) is 4.90 Å². The molecule has 0 heterocycles. The van der Waals surface area contributed by atoms with Gasteiger partial charge in [-0.15, -0.1) is 0 Å². The van der Waals surface area contributed by atoms with Gasteiger partial charge in [0.1, 0.15) is 5.75 Å². The standard InChI is InChI=1S/C15H26N2O2/c1-3-4-10-19-14-7-5-6-13(11-14)15(12-16)17(2)8-9-18/h5-7,11,15,18H,3-4,8-10,12,16H2,1-2H3. The van der Waals surface area contributed by atoms with Gasteiger partial charge in [0, 0.05) is 19.1 Å². The van der Waals surface area contributed by atoms with Crippen LogP contribution in [-0.4, -0.2) is 43.4 Å². The zero-order valence-electron chi connectivity index (χ0n) is 12.0. The van der Waals surface area contributed by atoms with Crippen molar-refractivity contribution in [1.29, 1.82) is 0 Å². The van der Waals surface area contributed by atoms with Crippen LogP contribution in [0.3, 0.4) is 0 Å². The molecule has 0 aliphatic rings. The van der Waals surface area contributed by atoms with Crippen LogP contribution in [0.1, 0.15) is 31.4 Å². The van der Waals surface area contributed by atoms with E-state index in [9.17, 15) is 0 Å². The number of likely N-dealkylation sites (N-methyl/N-ethyl adjacent to an activating group) is 1. The molecular formula is C15H26N2O2. The zero-order valence-corrected chi connectivity index (χ0v) is 12.0. The Kier molecular flexibility index (Phi) is 7.48. The molecule has 0 aromatic heterocycles. The summed E-state index contributed by atoms with van der Waals surface area (Å²) >= 11 is 0. The normalized spacial score (nSPS) is 12.7. The number of hydrogen-bond acceptors (Lipinski definition) is 4. The lowest BCUT2D eigenvalue weighted by molar-refractivity contribution is 0.183. The Morgan fingerprint density at radius 1 is 1.42 bits per heavy atom. The SMILES string of the molecule is CCCCOc1cccc(C(CN)N(C)CCO)c1. The highest BCUT2D eigenvalue weighted by Crippen LogP contribution is 2.22. The minimum absolute atomic E-state index is 0.113. The van der Waals surface area contributed by atoms with E-state index in [1.165, 1.54) is 0 Å². The van der Waals surface area contributed by atoms with Gasteiger partial charge >= 0.3 is 0 Å². The highest BCUT2D eigenvalue weighted by molar-refractivity contribution is 5.30. The van der Waals surface area contributed by atoms with E-state index in [-0.39, 0.29) is 12.6 Å². The molecule has 1 aromatic carbocycles. The molecule has 19 heavy (non-hydrogen) atoms. The number of ether oxygens (including phenoxy) is 1. The highest BCUT2D eigenvalue weighted by atomic mass is 16.5. The van der Waals surface area contributed by atoms with Gasteiger partial charge in [0.25, 0.3) is 0 Å². The average Bonchev–Trinajstić information content (AvgIpc) is 2.41. The second-order valence-electron chi connectivity index (χ2n) is 4.73. The summed E-state index contributed by atoms with van der Waals surface area (Å²) in [5.41, 5.74) is 6.98. The summed E-state index contributed by atoms with van der Waals surface area (Å²) in [5.74, 6) is 0.891. The second-order valence-corrected chi connectivity index (χ2v) is 4.73. The Hall–Kier alpha value is -1.10. The fourth-order valence-corrected chi connectivity index (χ4v) is 2.03. The summed E-state index contributed by atoms with van der Waals surface area (Å²) in [6.07, 6.45) is 2.19. The van der Waals surface area contributed by atoms with E-state index >= 15 is 0 Å². The van der Waals surface area contributed by atoms with Crippen LogP contribution in [0.2, 0.25) is 0 Å². The van der Waals surface area contributed by atoms with Crippen molar-refractivity contribution in [3.63, 3.8) is 0 Å². The van der Waals surface area contributed by atoms with Gasteiger partial charge in [0.05, 0.1) is 13.2 Å². The maximum absolute atomic E-state index is 9.02. The Morgan fingerprint density at radius 3 is 2.84 bits per heavy atom. The fourth-order valence-electron chi connectivity index (χ4n) is 2.03. The molecule has 1 atom stereocenters. The first-order valence-electron chi connectivity index (χ1n) is 6.96. The van der Waals surface area contributed by atoms with E-state index in [0.29, 0.717) is 13.1 Å². The zero-order chi connectivity index (χ0) is 14.1. The molecule has 0 fully saturated rings. The molecule has 0 amide bonds. The predicted octanol–water partition coefficient (Wildman–Crippen LogP) is 1.79. The number of aliphatic hydroxyl groups is 1. The fraction of sp³-hybridized carbons (Fsp3) is 0.600. The summed E-state index contributed by atoms with van der Waals surface area (Å²) in [6, 6.07) is 8.17. The van der Waals surface area contributed by atoms with Gasteiger partial charge in [-0.2, -0.15) is 0 Å². The van der Waals surface area contributed by atoms with Crippen LogP contribution in [0.4, 0.5) is 0 Å². The van der Waals surface area contributed by atoms with Crippen molar-refractivity contribution in [2.45, 2.75) is 25.8 Å². The molecule has 108 valence electrons. The summed E-state index contributed by atoms with van der Waals surface area (Å²) in [6.45, 7) is 4.17. The maximum atomic E-state index is 9.02. The van der Waals surface area contributed by atoms with Crippen molar-refractivity contribution in [1.82, 2.24) is 4.90 Å². The highest BCUT2D eigenvalue weighted by Gasteiger charge is 2.15. The Balaban J connectivity index is 2.72. The second kappa shape index (κ2) is 8.91. The average molecular weight is 266 g/mol. The molecule has 0 bridgehead atoms. The molecular weight excluding hydrogens is 240 g/mol. The largest absolute Gasteiger partial charge is 0.494 e. The van der Waals surface area contributed by atoms with Gasteiger partial charge in [0.15, 0.2) is 0 Å². The van der Waals surface area contributed by atoms with E-state index < -0.39 is 0 Å². The Bertz CT molecular complexity index is 358. The summed E-state index contributed by atoms with van der Waals surface area (Å²) in [5, 5.41) is 9.02. The lowest BCUT2D eigenvalue weighted by Crippen LogP contribution is -2.32. The third kappa shape index (κ3) is 5.19. The molecule has 4 nitrogen and oxygen atoms in total.